The second-order valence-corrected chi connectivity index (χ2v) is 8.91. The van der Waals surface area contributed by atoms with Gasteiger partial charge in [-0.2, -0.15) is 9.97 Å². The zero-order valence-electron chi connectivity index (χ0n) is 18.5. The largest absolute Gasteiger partial charge is 0.476 e. The van der Waals surface area contributed by atoms with Gasteiger partial charge in [-0.05, 0) is 46.6 Å². The fraction of sp³-hybridized carbons (Fsp3) is 0.762. The first-order valence-corrected chi connectivity index (χ1v) is 11.0. The Morgan fingerprint density at radius 1 is 1.03 bits per heavy atom. The van der Waals surface area contributed by atoms with Crippen LogP contribution in [0.25, 0.3) is 11.2 Å². The smallest absolute Gasteiger partial charge is 0.245 e. The first-order valence-electron chi connectivity index (χ1n) is 11.0. The number of nitrogens with two attached hydrogens (primary N) is 1. The van der Waals surface area contributed by atoms with Crippen molar-refractivity contribution in [2.75, 3.05) is 45.1 Å². The molecule has 8 nitrogen and oxygen atoms in total. The summed E-state index contributed by atoms with van der Waals surface area (Å²) in [6.45, 7) is 16.3. The Morgan fingerprint density at radius 3 is 2.45 bits per heavy atom. The van der Waals surface area contributed by atoms with Gasteiger partial charge in [0.25, 0.3) is 0 Å². The Bertz CT molecular complexity index is 775. The number of imidazole rings is 1. The number of fused-ring (bicyclic) bond motifs is 1. The van der Waals surface area contributed by atoms with Crippen molar-refractivity contribution in [3.05, 3.63) is 6.33 Å². The average Bonchev–Trinajstić information content (AvgIpc) is 3.08. The molecule has 0 saturated carbocycles. The van der Waals surface area contributed by atoms with E-state index in [4.69, 9.17) is 10.5 Å². The molecule has 3 heterocycles. The predicted octanol–water partition coefficient (Wildman–Crippen LogP) is 2.78. The number of aryl methyl sites for hydroxylation is 1. The maximum absolute atomic E-state index is 5.87. The third-order valence-electron chi connectivity index (χ3n) is 5.64. The number of hydrogen-bond acceptors (Lipinski definition) is 7. The van der Waals surface area contributed by atoms with Gasteiger partial charge in [0.1, 0.15) is 0 Å². The van der Waals surface area contributed by atoms with Crippen LogP contribution >= 0.6 is 0 Å². The Labute approximate surface area is 174 Å². The van der Waals surface area contributed by atoms with E-state index >= 15 is 0 Å². The molecule has 0 atom stereocenters. The molecule has 1 saturated heterocycles. The maximum atomic E-state index is 5.87. The quantitative estimate of drug-likeness (QED) is 0.644. The van der Waals surface area contributed by atoms with Crippen LogP contribution in [0, 0.1) is 0 Å². The Hall–Kier alpha value is -1.93. The summed E-state index contributed by atoms with van der Waals surface area (Å²) in [5, 5.41) is 0. The molecule has 0 amide bonds. The highest BCUT2D eigenvalue weighted by Gasteiger charge is 2.25. The zero-order valence-corrected chi connectivity index (χ0v) is 18.5. The fourth-order valence-electron chi connectivity index (χ4n) is 3.81. The van der Waals surface area contributed by atoms with Gasteiger partial charge in [-0.25, -0.2) is 4.98 Å². The van der Waals surface area contributed by atoms with Gasteiger partial charge in [0.2, 0.25) is 11.8 Å². The molecule has 2 N–H and O–H groups in total. The molecule has 8 heteroatoms. The first-order chi connectivity index (χ1) is 13.9. The number of piperazine rings is 1. The maximum Gasteiger partial charge on any atom is 0.245 e. The van der Waals surface area contributed by atoms with Crippen LogP contribution in [0.2, 0.25) is 0 Å². The molecule has 1 aliphatic heterocycles. The normalized spacial score (nSPS) is 16.6. The summed E-state index contributed by atoms with van der Waals surface area (Å²) in [6, 6.07) is 0. The Balaban J connectivity index is 1.51. The molecule has 2 aromatic rings. The summed E-state index contributed by atoms with van der Waals surface area (Å²) in [7, 11) is 0. The summed E-state index contributed by atoms with van der Waals surface area (Å²) >= 11 is 0. The minimum atomic E-state index is 0.212. The zero-order chi connectivity index (χ0) is 20.9. The van der Waals surface area contributed by atoms with Gasteiger partial charge in [0.15, 0.2) is 11.2 Å². The van der Waals surface area contributed by atoms with Crippen molar-refractivity contribution >= 4 is 17.1 Å². The highest BCUT2D eigenvalue weighted by molar-refractivity contribution is 5.77. The average molecular weight is 404 g/mol. The number of nitrogens with zero attached hydrogens (tertiary/aromatic N) is 6. The van der Waals surface area contributed by atoms with Crippen LogP contribution in [0.4, 0.5) is 5.95 Å². The molecule has 29 heavy (non-hydrogen) atoms. The number of anilines is 1. The van der Waals surface area contributed by atoms with E-state index in [0.717, 1.165) is 70.5 Å². The SMILES string of the molecule is CCCCOc1nc(N)nc2ncn(CCCCN3CCN(C(C)(C)C)CC3)c12. The van der Waals surface area contributed by atoms with Gasteiger partial charge >= 0.3 is 0 Å². The molecule has 162 valence electrons. The van der Waals surface area contributed by atoms with Crippen molar-refractivity contribution in [3.8, 4) is 5.88 Å². The van der Waals surface area contributed by atoms with Crippen LogP contribution in [-0.2, 0) is 6.54 Å². The molecule has 1 aliphatic rings. The lowest BCUT2D eigenvalue weighted by molar-refractivity contribution is 0.0615. The van der Waals surface area contributed by atoms with Crippen molar-refractivity contribution in [2.45, 2.75) is 65.5 Å². The van der Waals surface area contributed by atoms with Crippen molar-refractivity contribution in [3.63, 3.8) is 0 Å². The van der Waals surface area contributed by atoms with E-state index in [1.165, 1.54) is 0 Å². The standard InChI is InChI=1S/C21H37N7O/c1-5-6-15-29-19-17-18(24-20(22)25-19)23-16-27(17)10-8-7-9-26-11-13-28(14-12-26)21(2,3)4/h16H,5-15H2,1-4H3,(H2,22,24,25). The van der Waals surface area contributed by atoms with Crippen LogP contribution in [0.5, 0.6) is 5.88 Å². The van der Waals surface area contributed by atoms with E-state index in [1.807, 2.05) is 6.33 Å². The van der Waals surface area contributed by atoms with E-state index in [-0.39, 0.29) is 11.5 Å². The summed E-state index contributed by atoms with van der Waals surface area (Å²) in [4.78, 5) is 18.1. The summed E-state index contributed by atoms with van der Waals surface area (Å²) in [6.07, 6.45) is 6.14. The molecular formula is C21H37N7O. The number of hydrogen-bond donors (Lipinski definition) is 1. The summed E-state index contributed by atoms with van der Waals surface area (Å²) < 4.78 is 7.98. The Morgan fingerprint density at radius 2 is 1.76 bits per heavy atom. The van der Waals surface area contributed by atoms with Gasteiger partial charge in [0.05, 0.1) is 12.9 Å². The third-order valence-corrected chi connectivity index (χ3v) is 5.64. The van der Waals surface area contributed by atoms with Gasteiger partial charge < -0.3 is 19.9 Å². The molecular weight excluding hydrogens is 366 g/mol. The number of aromatic nitrogens is 4. The van der Waals surface area contributed by atoms with E-state index in [1.54, 1.807) is 0 Å². The van der Waals surface area contributed by atoms with Crippen molar-refractivity contribution in [1.29, 1.82) is 0 Å². The molecule has 0 bridgehead atoms. The highest BCUT2D eigenvalue weighted by Crippen LogP contribution is 2.23. The van der Waals surface area contributed by atoms with Gasteiger partial charge in [-0.15, -0.1) is 0 Å². The van der Waals surface area contributed by atoms with Crippen LogP contribution in [0.15, 0.2) is 6.33 Å². The van der Waals surface area contributed by atoms with Crippen LogP contribution < -0.4 is 10.5 Å². The number of nitrogen functional groups attached to an aromatic ring is 1. The molecule has 0 aliphatic carbocycles. The molecule has 3 rings (SSSR count). The first kappa shape index (κ1) is 21.8. The second-order valence-electron chi connectivity index (χ2n) is 8.91. The highest BCUT2D eigenvalue weighted by atomic mass is 16.5. The molecule has 0 radical (unpaired) electrons. The lowest BCUT2D eigenvalue weighted by Crippen LogP contribution is -2.53. The molecule has 2 aromatic heterocycles. The predicted molar refractivity (Wildman–Crippen MR) is 117 cm³/mol. The number of rotatable bonds is 9. The van der Waals surface area contributed by atoms with E-state index in [9.17, 15) is 0 Å². The van der Waals surface area contributed by atoms with Crippen LogP contribution in [0.1, 0.15) is 53.4 Å². The third kappa shape index (κ3) is 5.79. The molecule has 1 fully saturated rings. The topological polar surface area (TPSA) is 85.3 Å². The van der Waals surface area contributed by atoms with Crippen LogP contribution in [0.3, 0.4) is 0 Å². The number of ether oxygens (including phenoxy) is 1. The number of unbranched alkanes of at least 4 members (excludes halogenated alkanes) is 2. The van der Waals surface area contributed by atoms with Crippen molar-refractivity contribution in [1.82, 2.24) is 29.3 Å². The lowest BCUT2D eigenvalue weighted by Gasteiger charge is -2.42. The summed E-state index contributed by atoms with van der Waals surface area (Å²) in [5.74, 6) is 0.764. The second kappa shape index (κ2) is 9.71. The Kier molecular flexibility index (Phi) is 7.29. The minimum absolute atomic E-state index is 0.212. The van der Waals surface area contributed by atoms with Crippen molar-refractivity contribution in [2.24, 2.45) is 0 Å². The van der Waals surface area contributed by atoms with Gasteiger partial charge in [-0.3, -0.25) is 4.90 Å². The fourth-order valence-corrected chi connectivity index (χ4v) is 3.81. The minimum Gasteiger partial charge on any atom is -0.476 e. The molecule has 0 aromatic carbocycles. The summed E-state index contributed by atoms with van der Waals surface area (Å²) in [5.41, 5.74) is 7.56. The molecule has 0 unspecified atom stereocenters. The molecule has 0 spiro atoms. The van der Waals surface area contributed by atoms with Gasteiger partial charge in [-0.1, -0.05) is 13.3 Å². The lowest BCUT2D eigenvalue weighted by atomic mass is 10.0. The van der Waals surface area contributed by atoms with E-state index < -0.39 is 0 Å². The van der Waals surface area contributed by atoms with Crippen LogP contribution in [-0.4, -0.2) is 74.2 Å². The van der Waals surface area contributed by atoms with Gasteiger partial charge in [0, 0.05) is 38.3 Å². The van der Waals surface area contributed by atoms with E-state index in [0.29, 0.717) is 18.1 Å². The van der Waals surface area contributed by atoms with E-state index in [2.05, 4.69) is 57.0 Å². The van der Waals surface area contributed by atoms with Crippen molar-refractivity contribution < 1.29 is 4.74 Å². The monoisotopic (exact) mass is 403 g/mol.